The molecule has 4 aliphatic rings. The molecular formula is C25H38O6. The number of fused-ring (bicyclic) bond motifs is 5. The highest BCUT2D eigenvalue weighted by atomic mass is 16.7. The van der Waals surface area contributed by atoms with Gasteiger partial charge in [-0.3, -0.25) is 9.59 Å². The van der Waals surface area contributed by atoms with Crippen LogP contribution in [0, 0.1) is 34.5 Å². The summed E-state index contributed by atoms with van der Waals surface area (Å²) in [6.45, 7) is 7.53. The molecule has 0 aromatic carbocycles. The van der Waals surface area contributed by atoms with Crippen molar-refractivity contribution in [2.45, 2.75) is 84.2 Å². The van der Waals surface area contributed by atoms with Crippen molar-refractivity contribution in [2.24, 2.45) is 34.5 Å². The van der Waals surface area contributed by atoms with E-state index in [2.05, 4.69) is 13.8 Å². The molecule has 0 saturated heterocycles. The molecule has 0 bridgehead atoms. The molecule has 3 saturated carbocycles. The van der Waals surface area contributed by atoms with Crippen molar-refractivity contribution in [1.29, 1.82) is 0 Å². The van der Waals surface area contributed by atoms with Gasteiger partial charge in [-0.1, -0.05) is 26.3 Å². The molecule has 3 fully saturated rings. The van der Waals surface area contributed by atoms with Crippen LogP contribution in [0.5, 0.6) is 0 Å². The normalized spacial score (nSPS) is 47.8. The number of Topliss-reactive ketones (excluding diaryl/α,β-unsaturated/α-hetero) is 1. The van der Waals surface area contributed by atoms with Gasteiger partial charge in [0.1, 0.15) is 12.2 Å². The smallest absolute Gasteiger partial charge is 0.190 e. The second-order valence-corrected chi connectivity index (χ2v) is 11.0. The summed E-state index contributed by atoms with van der Waals surface area (Å²) in [7, 11) is 1.55. The van der Waals surface area contributed by atoms with Gasteiger partial charge in [0.2, 0.25) is 0 Å². The van der Waals surface area contributed by atoms with E-state index in [9.17, 15) is 19.8 Å². The fourth-order valence-corrected chi connectivity index (χ4v) is 8.34. The molecule has 0 amide bonds. The van der Waals surface area contributed by atoms with E-state index in [1.165, 1.54) is 5.57 Å². The number of ether oxygens (including phenoxy) is 2. The van der Waals surface area contributed by atoms with Crippen molar-refractivity contribution in [1.82, 2.24) is 0 Å². The van der Waals surface area contributed by atoms with E-state index in [-0.39, 0.29) is 40.7 Å². The molecule has 0 aromatic rings. The lowest BCUT2D eigenvalue weighted by Gasteiger charge is -2.61. The van der Waals surface area contributed by atoms with Crippen molar-refractivity contribution in [3.8, 4) is 0 Å². The van der Waals surface area contributed by atoms with Gasteiger partial charge in [0.25, 0.3) is 0 Å². The van der Waals surface area contributed by atoms with Crippen LogP contribution >= 0.6 is 0 Å². The van der Waals surface area contributed by atoms with Crippen molar-refractivity contribution >= 4 is 11.6 Å². The second kappa shape index (κ2) is 7.75. The lowest BCUT2D eigenvalue weighted by molar-refractivity contribution is -0.251. The number of allylic oxidation sites excluding steroid dienone is 1. The third-order valence-corrected chi connectivity index (χ3v) is 9.68. The third kappa shape index (κ3) is 3.05. The first kappa shape index (κ1) is 23.1. The van der Waals surface area contributed by atoms with Gasteiger partial charge in [-0.25, -0.2) is 0 Å². The van der Waals surface area contributed by atoms with Gasteiger partial charge in [-0.2, -0.15) is 0 Å². The molecule has 0 radical (unpaired) electrons. The number of rotatable bonds is 5. The number of carbonyl (C=O) groups is 2. The Morgan fingerprint density at radius 2 is 2.03 bits per heavy atom. The molecule has 0 aromatic heterocycles. The monoisotopic (exact) mass is 434 g/mol. The van der Waals surface area contributed by atoms with Crippen LogP contribution < -0.4 is 0 Å². The van der Waals surface area contributed by atoms with E-state index in [1.54, 1.807) is 14.0 Å². The average molecular weight is 435 g/mol. The maximum absolute atomic E-state index is 13.3. The van der Waals surface area contributed by atoms with E-state index < -0.39 is 30.0 Å². The summed E-state index contributed by atoms with van der Waals surface area (Å²) in [4.78, 5) is 25.4. The zero-order valence-corrected chi connectivity index (χ0v) is 19.5. The van der Waals surface area contributed by atoms with Gasteiger partial charge in [0, 0.05) is 18.9 Å². The van der Waals surface area contributed by atoms with Crippen molar-refractivity contribution in [2.75, 3.05) is 13.7 Å². The Kier molecular flexibility index (Phi) is 5.78. The van der Waals surface area contributed by atoms with Gasteiger partial charge in [-0.05, 0) is 74.2 Å². The molecule has 6 nitrogen and oxygen atoms in total. The Morgan fingerprint density at radius 3 is 2.68 bits per heavy atom. The predicted octanol–water partition coefficient (Wildman–Crippen LogP) is 3.04. The SMILES string of the molecule is COC(C)O[C@]1(C(=O)CO)[C@@H](C)C[C@H]2[C@@H]3CCC4=CC(=O)CC[C@]4(C)[C@H]3[C@@H](O)C[C@@]21C. The van der Waals surface area contributed by atoms with Gasteiger partial charge >= 0.3 is 0 Å². The first-order chi connectivity index (χ1) is 14.5. The van der Waals surface area contributed by atoms with Crippen molar-refractivity contribution < 1.29 is 29.3 Å². The summed E-state index contributed by atoms with van der Waals surface area (Å²) in [5.41, 5.74) is -0.761. The van der Waals surface area contributed by atoms with E-state index >= 15 is 0 Å². The lowest BCUT2D eigenvalue weighted by atomic mass is 9.45. The topological polar surface area (TPSA) is 93.1 Å². The Labute approximate surface area is 185 Å². The van der Waals surface area contributed by atoms with Crippen LogP contribution in [0.2, 0.25) is 0 Å². The van der Waals surface area contributed by atoms with Gasteiger partial charge in [0.05, 0.1) is 6.10 Å². The van der Waals surface area contributed by atoms with Gasteiger partial charge in [-0.15, -0.1) is 0 Å². The van der Waals surface area contributed by atoms with Crippen LogP contribution in [-0.2, 0) is 19.1 Å². The largest absolute Gasteiger partial charge is 0.393 e. The maximum Gasteiger partial charge on any atom is 0.190 e. The number of methoxy groups -OCH3 is 1. The van der Waals surface area contributed by atoms with E-state index in [0.29, 0.717) is 12.8 Å². The highest BCUT2D eigenvalue weighted by Crippen LogP contribution is 2.69. The zero-order chi connectivity index (χ0) is 22.8. The summed E-state index contributed by atoms with van der Waals surface area (Å²) in [5, 5.41) is 21.5. The fourth-order valence-electron chi connectivity index (χ4n) is 8.34. The summed E-state index contributed by atoms with van der Waals surface area (Å²) in [6.07, 6.45) is 5.02. The quantitative estimate of drug-likeness (QED) is 0.646. The molecule has 174 valence electrons. The van der Waals surface area contributed by atoms with Crippen LogP contribution in [-0.4, -0.2) is 53.5 Å². The third-order valence-electron chi connectivity index (χ3n) is 9.68. The number of hydrogen-bond donors (Lipinski definition) is 2. The molecule has 9 atom stereocenters. The molecule has 0 heterocycles. The lowest BCUT2D eigenvalue weighted by Crippen LogP contribution is -2.64. The Hall–Kier alpha value is -1.08. The van der Waals surface area contributed by atoms with Gasteiger partial charge < -0.3 is 19.7 Å². The van der Waals surface area contributed by atoms with Crippen LogP contribution in [0.4, 0.5) is 0 Å². The van der Waals surface area contributed by atoms with Crippen LogP contribution in [0.3, 0.4) is 0 Å². The van der Waals surface area contributed by atoms with E-state index in [1.807, 2.05) is 13.0 Å². The molecule has 0 spiro atoms. The van der Waals surface area contributed by atoms with Crippen LogP contribution in [0.25, 0.3) is 0 Å². The second-order valence-electron chi connectivity index (χ2n) is 11.0. The maximum atomic E-state index is 13.3. The standard InChI is InChI=1S/C25H38O6/c1-14-10-19-18-7-6-16-11-17(27)8-9-23(16,3)22(18)20(28)12-24(19,4)25(14,21(29)13-26)31-15(2)30-5/h11,14-15,18-20,22,26,28H,6-10,12-13H2,1-5H3/t14-,15?,18-,19-,20-,22+,23-,24-,25-/m0/s1. The minimum atomic E-state index is -1.19. The summed E-state index contributed by atoms with van der Waals surface area (Å²) in [6, 6.07) is 0. The minimum absolute atomic E-state index is 0.0748. The Balaban J connectivity index is 1.78. The minimum Gasteiger partial charge on any atom is -0.393 e. The van der Waals surface area contributed by atoms with E-state index in [4.69, 9.17) is 9.47 Å². The average Bonchev–Trinajstić information content (AvgIpc) is 2.94. The number of hydrogen-bond acceptors (Lipinski definition) is 6. The molecule has 31 heavy (non-hydrogen) atoms. The molecule has 0 aliphatic heterocycles. The summed E-state index contributed by atoms with van der Waals surface area (Å²) < 4.78 is 11.7. The van der Waals surface area contributed by atoms with Crippen LogP contribution in [0.1, 0.15) is 66.2 Å². The zero-order valence-electron chi connectivity index (χ0n) is 19.5. The number of aliphatic hydroxyl groups is 2. The molecule has 6 heteroatoms. The fraction of sp³-hybridized carbons (Fsp3) is 0.840. The molecule has 4 aliphatic carbocycles. The molecular weight excluding hydrogens is 396 g/mol. The molecule has 4 rings (SSSR count). The summed E-state index contributed by atoms with van der Waals surface area (Å²) >= 11 is 0. The predicted molar refractivity (Wildman–Crippen MR) is 115 cm³/mol. The highest BCUT2D eigenvalue weighted by molar-refractivity contribution is 5.92. The van der Waals surface area contributed by atoms with Crippen LogP contribution in [0.15, 0.2) is 11.6 Å². The number of ketones is 2. The first-order valence-corrected chi connectivity index (χ1v) is 11.8. The van der Waals surface area contributed by atoms with Crippen molar-refractivity contribution in [3.05, 3.63) is 11.6 Å². The first-order valence-electron chi connectivity index (χ1n) is 11.8. The highest BCUT2D eigenvalue weighted by Gasteiger charge is 2.72. The summed E-state index contributed by atoms with van der Waals surface area (Å²) in [5.74, 6) is 0.317. The van der Waals surface area contributed by atoms with E-state index in [0.717, 1.165) is 25.7 Å². The Bertz CT molecular complexity index is 791. The Morgan fingerprint density at radius 1 is 1.32 bits per heavy atom. The molecule has 1 unspecified atom stereocenters. The molecule has 2 N–H and O–H groups in total. The number of aliphatic hydroxyl groups excluding tert-OH is 2. The number of carbonyl (C=O) groups excluding carboxylic acids is 2. The van der Waals surface area contributed by atoms with Gasteiger partial charge in [0.15, 0.2) is 17.9 Å². The van der Waals surface area contributed by atoms with Crippen molar-refractivity contribution in [3.63, 3.8) is 0 Å².